The molecular formula is C11H17N3O2. The van der Waals surface area contributed by atoms with Gasteiger partial charge in [-0.3, -0.25) is 9.48 Å². The van der Waals surface area contributed by atoms with Gasteiger partial charge in [-0.25, -0.2) is 0 Å². The molecule has 2 heterocycles. The minimum atomic E-state index is -0.751. The van der Waals surface area contributed by atoms with Gasteiger partial charge in [0, 0.05) is 32.0 Å². The smallest absolute Gasteiger partial charge is 0.155 e. The highest BCUT2D eigenvalue weighted by Crippen LogP contribution is 2.19. The van der Waals surface area contributed by atoms with Gasteiger partial charge in [0.15, 0.2) is 5.78 Å². The maximum absolute atomic E-state index is 11.9. The standard InChI is InChI=1S/C11H17N3O2/c1-14-9(4-6-13-14)2-3-10(15)11(12)5-7-16-8-11/h4,6H,2-3,5,7-8,12H2,1H3. The first kappa shape index (κ1) is 11.3. The predicted octanol–water partition coefficient (Wildman–Crippen LogP) is 0.0396. The largest absolute Gasteiger partial charge is 0.379 e. The molecule has 0 spiro atoms. The van der Waals surface area contributed by atoms with Crippen molar-refractivity contribution in [1.82, 2.24) is 9.78 Å². The summed E-state index contributed by atoms with van der Waals surface area (Å²) in [5, 5.41) is 4.06. The van der Waals surface area contributed by atoms with Crippen molar-refractivity contribution in [3.8, 4) is 0 Å². The molecule has 1 fully saturated rings. The van der Waals surface area contributed by atoms with Gasteiger partial charge < -0.3 is 10.5 Å². The van der Waals surface area contributed by atoms with Crippen molar-refractivity contribution < 1.29 is 9.53 Å². The fraction of sp³-hybridized carbons (Fsp3) is 0.636. The van der Waals surface area contributed by atoms with Crippen LogP contribution in [0.3, 0.4) is 0 Å². The molecule has 0 bridgehead atoms. The van der Waals surface area contributed by atoms with Gasteiger partial charge in [-0.15, -0.1) is 0 Å². The first-order valence-electron chi connectivity index (χ1n) is 5.49. The van der Waals surface area contributed by atoms with Crippen molar-refractivity contribution in [2.75, 3.05) is 13.2 Å². The highest BCUT2D eigenvalue weighted by molar-refractivity contribution is 5.88. The van der Waals surface area contributed by atoms with Crippen molar-refractivity contribution in [1.29, 1.82) is 0 Å². The molecule has 1 aliphatic rings. The number of ether oxygens (including phenoxy) is 1. The fourth-order valence-corrected chi connectivity index (χ4v) is 1.94. The van der Waals surface area contributed by atoms with Gasteiger partial charge in [0.25, 0.3) is 0 Å². The number of carbonyl (C=O) groups is 1. The summed E-state index contributed by atoms with van der Waals surface area (Å²) >= 11 is 0. The Morgan fingerprint density at radius 2 is 2.56 bits per heavy atom. The number of hydrogen-bond acceptors (Lipinski definition) is 4. The normalized spacial score (nSPS) is 24.9. The average Bonchev–Trinajstić information content (AvgIpc) is 2.85. The monoisotopic (exact) mass is 223 g/mol. The number of ketones is 1. The van der Waals surface area contributed by atoms with Crippen LogP contribution in [0.1, 0.15) is 18.5 Å². The van der Waals surface area contributed by atoms with E-state index in [4.69, 9.17) is 10.5 Å². The van der Waals surface area contributed by atoms with Crippen LogP contribution in [0.2, 0.25) is 0 Å². The minimum Gasteiger partial charge on any atom is -0.379 e. The molecule has 1 atom stereocenters. The summed E-state index contributed by atoms with van der Waals surface area (Å²) < 4.78 is 6.96. The van der Waals surface area contributed by atoms with Crippen LogP contribution in [-0.4, -0.2) is 34.3 Å². The van der Waals surface area contributed by atoms with Crippen LogP contribution >= 0.6 is 0 Å². The summed E-state index contributed by atoms with van der Waals surface area (Å²) in [5.41, 5.74) is 6.28. The van der Waals surface area contributed by atoms with Crippen LogP contribution in [0.15, 0.2) is 12.3 Å². The van der Waals surface area contributed by atoms with Gasteiger partial charge in [0.05, 0.1) is 6.61 Å². The van der Waals surface area contributed by atoms with E-state index in [0.29, 0.717) is 32.5 Å². The molecule has 1 saturated heterocycles. The summed E-state index contributed by atoms with van der Waals surface area (Å²) in [4.78, 5) is 11.9. The van der Waals surface area contributed by atoms with Gasteiger partial charge in [0.1, 0.15) is 5.54 Å². The first-order chi connectivity index (χ1) is 7.62. The second kappa shape index (κ2) is 4.35. The molecule has 1 aliphatic heterocycles. The molecule has 1 aromatic rings. The average molecular weight is 223 g/mol. The summed E-state index contributed by atoms with van der Waals surface area (Å²) in [5.74, 6) is 0.0891. The van der Waals surface area contributed by atoms with Gasteiger partial charge in [0.2, 0.25) is 0 Å². The maximum atomic E-state index is 11.9. The van der Waals surface area contributed by atoms with E-state index in [1.54, 1.807) is 10.9 Å². The maximum Gasteiger partial charge on any atom is 0.155 e. The van der Waals surface area contributed by atoms with E-state index in [9.17, 15) is 4.79 Å². The van der Waals surface area contributed by atoms with Crippen molar-refractivity contribution >= 4 is 5.78 Å². The Hall–Kier alpha value is -1.20. The minimum absolute atomic E-state index is 0.0891. The molecule has 5 nitrogen and oxygen atoms in total. The number of hydrogen-bond donors (Lipinski definition) is 1. The van der Waals surface area contributed by atoms with Gasteiger partial charge in [-0.2, -0.15) is 5.10 Å². The van der Waals surface area contributed by atoms with E-state index in [1.165, 1.54) is 0 Å². The molecule has 5 heteroatoms. The van der Waals surface area contributed by atoms with E-state index < -0.39 is 5.54 Å². The second-order valence-corrected chi connectivity index (χ2v) is 4.33. The number of nitrogens with zero attached hydrogens (tertiary/aromatic N) is 2. The summed E-state index contributed by atoms with van der Waals surface area (Å²) in [7, 11) is 1.87. The molecule has 0 saturated carbocycles. The van der Waals surface area contributed by atoms with Crippen molar-refractivity contribution in [2.45, 2.75) is 24.8 Å². The van der Waals surface area contributed by atoms with E-state index in [-0.39, 0.29) is 5.78 Å². The molecule has 0 aromatic carbocycles. The van der Waals surface area contributed by atoms with Crippen LogP contribution in [0.5, 0.6) is 0 Å². The van der Waals surface area contributed by atoms with Crippen LogP contribution in [-0.2, 0) is 23.0 Å². The number of aryl methyl sites for hydroxylation is 2. The van der Waals surface area contributed by atoms with Crippen LogP contribution in [0.4, 0.5) is 0 Å². The molecule has 0 radical (unpaired) electrons. The predicted molar refractivity (Wildman–Crippen MR) is 58.9 cm³/mol. The van der Waals surface area contributed by atoms with Crippen LogP contribution in [0, 0.1) is 0 Å². The number of nitrogens with two attached hydrogens (primary N) is 1. The lowest BCUT2D eigenvalue weighted by molar-refractivity contribution is -0.124. The molecule has 0 aliphatic carbocycles. The zero-order valence-electron chi connectivity index (χ0n) is 9.48. The molecule has 16 heavy (non-hydrogen) atoms. The highest BCUT2D eigenvalue weighted by atomic mass is 16.5. The molecule has 1 unspecified atom stereocenters. The van der Waals surface area contributed by atoms with E-state index in [0.717, 1.165) is 5.69 Å². The second-order valence-electron chi connectivity index (χ2n) is 4.33. The Balaban J connectivity index is 1.91. The van der Waals surface area contributed by atoms with Crippen LogP contribution in [0.25, 0.3) is 0 Å². The molecule has 88 valence electrons. The molecular weight excluding hydrogens is 206 g/mol. The van der Waals surface area contributed by atoms with Gasteiger partial charge >= 0.3 is 0 Å². The summed E-state index contributed by atoms with van der Waals surface area (Å²) in [6.45, 7) is 0.950. The van der Waals surface area contributed by atoms with Gasteiger partial charge in [-0.05, 0) is 18.9 Å². The first-order valence-corrected chi connectivity index (χ1v) is 5.49. The Labute approximate surface area is 94.6 Å². The van der Waals surface area contributed by atoms with Gasteiger partial charge in [-0.1, -0.05) is 0 Å². The third kappa shape index (κ3) is 2.15. The topological polar surface area (TPSA) is 70.1 Å². The Morgan fingerprint density at radius 1 is 1.75 bits per heavy atom. The lowest BCUT2D eigenvalue weighted by Crippen LogP contribution is -2.48. The third-order valence-corrected chi connectivity index (χ3v) is 3.14. The number of rotatable bonds is 4. The zero-order valence-corrected chi connectivity index (χ0v) is 9.48. The van der Waals surface area contributed by atoms with Crippen molar-refractivity contribution in [3.05, 3.63) is 18.0 Å². The molecule has 1 aromatic heterocycles. The Morgan fingerprint density at radius 3 is 3.12 bits per heavy atom. The number of Topliss-reactive ketones (excluding diaryl/α,β-unsaturated/α-hetero) is 1. The van der Waals surface area contributed by atoms with Crippen molar-refractivity contribution in [2.24, 2.45) is 12.8 Å². The third-order valence-electron chi connectivity index (χ3n) is 3.14. The van der Waals surface area contributed by atoms with E-state index >= 15 is 0 Å². The van der Waals surface area contributed by atoms with E-state index in [2.05, 4.69) is 5.10 Å². The lowest BCUT2D eigenvalue weighted by Gasteiger charge is -2.19. The van der Waals surface area contributed by atoms with E-state index in [1.807, 2.05) is 13.1 Å². The molecule has 0 amide bonds. The quantitative estimate of drug-likeness (QED) is 0.782. The van der Waals surface area contributed by atoms with Crippen LogP contribution < -0.4 is 5.73 Å². The number of aromatic nitrogens is 2. The number of carbonyl (C=O) groups excluding carboxylic acids is 1. The molecule has 2 rings (SSSR count). The summed E-state index contributed by atoms with van der Waals surface area (Å²) in [6, 6.07) is 1.92. The summed E-state index contributed by atoms with van der Waals surface area (Å²) in [6.07, 6.45) is 3.52. The Kier molecular flexibility index (Phi) is 3.07. The lowest BCUT2D eigenvalue weighted by atomic mass is 9.91. The highest BCUT2D eigenvalue weighted by Gasteiger charge is 2.37. The Bertz CT molecular complexity index is 380. The SMILES string of the molecule is Cn1nccc1CCC(=O)C1(N)CCOC1. The fourth-order valence-electron chi connectivity index (χ4n) is 1.94. The zero-order chi connectivity index (χ0) is 11.6. The molecule has 2 N–H and O–H groups in total. The van der Waals surface area contributed by atoms with Crippen molar-refractivity contribution in [3.63, 3.8) is 0 Å².